The summed E-state index contributed by atoms with van der Waals surface area (Å²) in [6, 6.07) is 0. The predicted octanol–water partition coefficient (Wildman–Crippen LogP) is 1.00. The molecule has 0 rings (SSSR count). The van der Waals surface area contributed by atoms with E-state index < -0.39 is 5.60 Å². The van der Waals surface area contributed by atoms with Crippen LogP contribution in [-0.2, 0) is 9.53 Å². The highest BCUT2D eigenvalue weighted by Gasteiger charge is 2.10. The van der Waals surface area contributed by atoms with Gasteiger partial charge in [-0.25, -0.2) is 0 Å². The maximum Gasteiger partial charge on any atom is 0.202 e. The standard InChI is InChI=1S/C8H12O2/c1-7(9)5-6-8(2,3)10-4/h1-4H3. The molecule has 0 atom stereocenters. The second kappa shape index (κ2) is 3.38. The van der Waals surface area contributed by atoms with Crippen LogP contribution >= 0.6 is 0 Å². The first-order valence-corrected chi connectivity index (χ1v) is 3.07. The van der Waals surface area contributed by atoms with Gasteiger partial charge in [0.2, 0.25) is 5.78 Å². The summed E-state index contributed by atoms with van der Waals surface area (Å²) in [7, 11) is 1.56. The highest BCUT2D eigenvalue weighted by molar-refractivity contribution is 5.93. The van der Waals surface area contributed by atoms with Crippen LogP contribution in [0.3, 0.4) is 0 Å². The predicted molar refractivity (Wildman–Crippen MR) is 39.5 cm³/mol. The Hall–Kier alpha value is -0.810. The van der Waals surface area contributed by atoms with Gasteiger partial charge >= 0.3 is 0 Å². The van der Waals surface area contributed by atoms with E-state index in [2.05, 4.69) is 11.8 Å². The quantitative estimate of drug-likeness (QED) is 0.401. The van der Waals surface area contributed by atoms with Crippen LogP contribution in [0.25, 0.3) is 0 Å². The number of Topliss-reactive ketones (excluding diaryl/α,β-unsaturated/α-hetero) is 1. The second-order valence-corrected chi connectivity index (χ2v) is 2.52. The van der Waals surface area contributed by atoms with Gasteiger partial charge in [0.25, 0.3) is 0 Å². The van der Waals surface area contributed by atoms with Crippen molar-refractivity contribution in [2.24, 2.45) is 0 Å². The summed E-state index contributed by atoms with van der Waals surface area (Å²) in [6.07, 6.45) is 0. The van der Waals surface area contributed by atoms with Crippen molar-refractivity contribution in [2.75, 3.05) is 7.11 Å². The van der Waals surface area contributed by atoms with Crippen LogP contribution in [0.5, 0.6) is 0 Å². The van der Waals surface area contributed by atoms with E-state index in [0.29, 0.717) is 0 Å². The van der Waals surface area contributed by atoms with Gasteiger partial charge in [-0.3, -0.25) is 4.79 Å². The summed E-state index contributed by atoms with van der Waals surface area (Å²) in [5, 5.41) is 0. The van der Waals surface area contributed by atoms with Gasteiger partial charge < -0.3 is 4.74 Å². The number of hydrogen-bond acceptors (Lipinski definition) is 2. The number of ketones is 1. The lowest BCUT2D eigenvalue weighted by molar-refractivity contribution is -0.111. The molecule has 0 aromatic rings. The Morgan fingerprint density at radius 1 is 1.50 bits per heavy atom. The maximum atomic E-state index is 10.4. The smallest absolute Gasteiger partial charge is 0.202 e. The third kappa shape index (κ3) is 4.11. The SMILES string of the molecule is COC(C)(C)C#CC(C)=O. The molecule has 0 N–H and O–H groups in total. The molecule has 2 heteroatoms. The van der Waals surface area contributed by atoms with Crippen LogP contribution in [0.4, 0.5) is 0 Å². The minimum absolute atomic E-state index is 0.134. The minimum Gasteiger partial charge on any atom is -0.366 e. The zero-order valence-corrected chi connectivity index (χ0v) is 6.82. The molecule has 0 saturated carbocycles. The second-order valence-electron chi connectivity index (χ2n) is 2.52. The normalized spacial score (nSPS) is 10.0. The molecule has 0 aliphatic carbocycles. The van der Waals surface area contributed by atoms with Gasteiger partial charge in [-0.2, -0.15) is 0 Å². The first kappa shape index (κ1) is 9.19. The van der Waals surface area contributed by atoms with Gasteiger partial charge in [-0.15, -0.1) is 0 Å². The molecule has 0 fully saturated rings. The summed E-state index contributed by atoms with van der Waals surface area (Å²) in [6.45, 7) is 5.05. The number of carbonyl (C=O) groups excluding carboxylic acids is 1. The van der Waals surface area contributed by atoms with Crippen molar-refractivity contribution in [2.45, 2.75) is 26.4 Å². The van der Waals surface area contributed by atoms with Crippen molar-refractivity contribution in [1.82, 2.24) is 0 Å². The molecule has 0 aromatic carbocycles. The lowest BCUT2D eigenvalue weighted by atomic mass is 10.1. The Morgan fingerprint density at radius 2 is 2.00 bits per heavy atom. The van der Waals surface area contributed by atoms with Crippen molar-refractivity contribution < 1.29 is 9.53 Å². The average molecular weight is 140 g/mol. The van der Waals surface area contributed by atoms with E-state index >= 15 is 0 Å². The third-order valence-corrected chi connectivity index (χ3v) is 1.05. The molecular weight excluding hydrogens is 128 g/mol. The van der Waals surface area contributed by atoms with Crippen molar-refractivity contribution in [1.29, 1.82) is 0 Å². The Bertz CT molecular complexity index is 181. The van der Waals surface area contributed by atoms with Crippen LogP contribution in [0.2, 0.25) is 0 Å². The highest BCUT2D eigenvalue weighted by Crippen LogP contribution is 2.03. The largest absolute Gasteiger partial charge is 0.366 e. The Kier molecular flexibility index (Phi) is 3.11. The van der Waals surface area contributed by atoms with Crippen LogP contribution in [0.15, 0.2) is 0 Å². The van der Waals surface area contributed by atoms with Crippen molar-refractivity contribution in [3.8, 4) is 11.8 Å². The maximum absolute atomic E-state index is 10.4. The molecule has 0 amide bonds. The highest BCUT2D eigenvalue weighted by atomic mass is 16.5. The fraction of sp³-hybridized carbons (Fsp3) is 0.625. The van der Waals surface area contributed by atoms with Gasteiger partial charge in [0.15, 0.2) is 0 Å². The molecule has 0 bridgehead atoms. The third-order valence-electron chi connectivity index (χ3n) is 1.05. The molecular formula is C8H12O2. The van der Waals surface area contributed by atoms with Crippen molar-refractivity contribution in [3.63, 3.8) is 0 Å². The van der Waals surface area contributed by atoms with Crippen LogP contribution < -0.4 is 0 Å². The topological polar surface area (TPSA) is 26.3 Å². The number of ether oxygens (including phenoxy) is 1. The monoisotopic (exact) mass is 140 g/mol. The summed E-state index contributed by atoms with van der Waals surface area (Å²) in [4.78, 5) is 10.4. The molecule has 0 spiro atoms. The van der Waals surface area contributed by atoms with Crippen LogP contribution in [-0.4, -0.2) is 18.5 Å². The van der Waals surface area contributed by atoms with Crippen molar-refractivity contribution in [3.05, 3.63) is 0 Å². The van der Waals surface area contributed by atoms with Gasteiger partial charge in [0, 0.05) is 14.0 Å². The van der Waals surface area contributed by atoms with E-state index in [9.17, 15) is 4.79 Å². The summed E-state index contributed by atoms with van der Waals surface area (Å²) >= 11 is 0. The summed E-state index contributed by atoms with van der Waals surface area (Å²) < 4.78 is 4.96. The van der Waals surface area contributed by atoms with E-state index in [4.69, 9.17) is 4.74 Å². The Morgan fingerprint density at radius 3 is 2.30 bits per heavy atom. The average Bonchev–Trinajstić information content (AvgIpc) is 1.85. The molecule has 0 unspecified atom stereocenters. The molecule has 56 valence electrons. The zero-order valence-electron chi connectivity index (χ0n) is 6.82. The molecule has 0 saturated heterocycles. The van der Waals surface area contributed by atoms with E-state index in [1.54, 1.807) is 7.11 Å². The Labute approximate surface area is 61.6 Å². The molecule has 10 heavy (non-hydrogen) atoms. The summed E-state index contributed by atoms with van der Waals surface area (Å²) in [5.74, 6) is 4.97. The number of methoxy groups -OCH3 is 1. The van der Waals surface area contributed by atoms with E-state index in [1.807, 2.05) is 13.8 Å². The number of rotatable bonds is 1. The lowest BCUT2D eigenvalue weighted by Gasteiger charge is -2.13. The Balaban J connectivity index is 4.15. The van der Waals surface area contributed by atoms with Crippen LogP contribution in [0, 0.1) is 11.8 Å². The fourth-order valence-electron chi connectivity index (χ4n) is 0.290. The first-order valence-electron chi connectivity index (χ1n) is 3.07. The van der Waals surface area contributed by atoms with E-state index in [1.165, 1.54) is 6.92 Å². The van der Waals surface area contributed by atoms with Crippen molar-refractivity contribution >= 4 is 5.78 Å². The van der Waals surface area contributed by atoms with Gasteiger partial charge in [0.1, 0.15) is 5.60 Å². The van der Waals surface area contributed by atoms with E-state index in [-0.39, 0.29) is 5.78 Å². The summed E-state index contributed by atoms with van der Waals surface area (Å²) in [5.41, 5.74) is -0.508. The molecule has 0 aromatic heterocycles. The molecule has 2 nitrogen and oxygen atoms in total. The number of carbonyl (C=O) groups is 1. The van der Waals surface area contributed by atoms with E-state index in [0.717, 1.165) is 0 Å². The van der Waals surface area contributed by atoms with Gasteiger partial charge in [-0.05, 0) is 19.8 Å². The molecule has 0 aliphatic rings. The lowest BCUT2D eigenvalue weighted by Crippen LogP contribution is -2.19. The van der Waals surface area contributed by atoms with Gasteiger partial charge in [-0.1, -0.05) is 5.92 Å². The first-order chi connectivity index (χ1) is 4.48. The zero-order chi connectivity index (χ0) is 8.20. The molecule has 0 heterocycles. The van der Waals surface area contributed by atoms with Crippen LogP contribution in [0.1, 0.15) is 20.8 Å². The fourth-order valence-corrected chi connectivity index (χ4v) is 0.290. The molecule has 0 radical (unpaired) electrons. The van der Waals surface area contributed by atoms with Gasteiger partial charge in [0.05, 0.1) is 0 Å². The molecule has 0 aliphatic heterocycles. The number of hydrogen-bond donors (Lipinski definition) is 0. The minimum atomic E-state index is -0.508.